The number of aromatic nitrogens is 2. The number of anilines is 1. The first-order chi connectivity index (χ1) is 16.8. The lowest BCUT2D eigenvalue weighted by Gasteiger charge is -2.28. The minimum atomic E-state index is -0.270. The van der Waals surface area contributed by atoms with Gasteiger partial charge in [0.1, 0.15) is 5.82 Å². The topological polar surface area (TPSA) is 33.1 Å². The fourth-order valence-electron chi connectivity index (χ4n) is 5.51. The van der Waals surface area contributed by atoms with E-state index in [1.54, 1.807) is 18.3 Å². The van der Waals surface area contributed by atoms with Crippen LogP contribution in [0, 0.1) is 40.4 Å². The summed E-state index contributed by atoms with van der Waals surface area (Å²) in [4.78, 5) is 6.74. The van der Waals surface area contributed by atoms with Gasteiger partial charge in [-0.25, -0.2) is 4.39 Å². The molecule has 0 amide bonds. The second-order valence-electron chi connectivity index (χ2n) is 9.38. The number of thiocarbonyl (C=S) groups is 1. The fraction of sp³-hybridized carbons (Fsp3) is 0.241. The molecule has 1 N–H and O–H groups in total. The average molecular weight is 485 g/mol. The Morgan fingerprint density at radius 2 is 1.60 bits per heavy atom. The summed E-state index contributed by atoms with van der Waals surface area (Å²) in [5, 5.41) is 4.10. The number of aryl methyl sites for hydroxylation is 4. The molecule has 2 aromatic heterocycles. The summed E-state index contributed by atoms with van der Waals surface area (Å²) in [7, 11) is 0. The molecule has 1 saturated heterocycles. The fourth-order valence-corrected chi connectivity index (χ4v) is 5.85. The predicted molar refractivity (Wildman–Crippen MR) is 144 cm³/mol. The first-order valence-corrected chi connectivity index (χ1v) is 12.2. The summed E-state index contributed by atoms with van der Waals surface area (Å²) in [6, 6.07) is 18.9. The Morgan fingerprint density at radius 3 is 2.23 bits per heavy atom. The van der Waals surface area contributed by atoms with Crippen molar-refractivity contribution >= 4 is 23.0 Å². The van der Waals surface area contributed by atoms with Crippen molar-refractivity contribution in [1.82, 2.24) is 14.9 Å². The van der Waals surface area contributed by atoms with Crippen LogP contribution in [-0.4, -0.2) is 14.7 Å². The van der Waals surface area contributed by atoms with Crippen molar-refractivity contribution < 1.29 is 4.39 Å². The number of benzene rings is 2. The molecule has 0 radical (unpaired) electrons. The lowest BCUT2D eigenvalue weighted by molar-refractivity contribution is 0.565. The molecule has 0 unspecified atom stereocenters. The Morgan fingerprint density at radius 1 is 0.914 bits per heavy atom. The number of pyridine rings is 1. The van der Waals surface area contributed by atoms with E-state index in [0.717, 1.165) is 28.3 Å². The standard InChI is InChI=1S/C29H29FN4S/c1-17-14-18(2)27(19(3)15-17)33-20(4)16-24(21(33)5)28-26(25-8-6-7-13-31-25)32-29(35)34(28)23-11-9-22(30)10-12-23/h6-16,26,28H,1-5H3,(H,32,35)/t26-,28+/m1/s1. The molecule has 4 aromatic rings. The molecule has 1 aliphatic rings. The molecule has 0 saturated carbocycles. The maximum absolute atomic E-state index is 13.8. The van der Waals surface area contributed by atoms with Crippen LogP contribution < -0.4 is 10.2 Å². The van der Waals surface area contributed by atoms with Crippen LogP contribution in [0.15, 0.2) is 66.9 Å². The summed E-state index contributed by atoms with van der Waals surface area (Å²) < 4.78 is 16.1. The molecule has 0 bridgehead atoms. The highest BCUT2D eigenvalue weighted by molar-refractivity contribution is 7.80. The first kappa shape index (κ1) is 23.2. The van der Waals surface area contributed by atoms with Crippen LogP contribution >= 0.6 is 12.2 Å². The van der Waals surface area contributed by atoms with Gasteiger partial charge in [-0.1, -0.05) is 23.8 Å². The third-order valence-electron chi connectivity index (χ3n) is 6.85. The van der Waals surface area contributed by atoms with Crippen LogP contribution in [0.4, 0.5) is 10.1 Å². The van der Waals surface area contributed by atoms with Crippen molar-refractivity contribution in [3.63, 3.8) is 0 Å². The van der Waals surface area contributed by atoms with Crippen molar-refractivity contribution in [1.29, 1.82) is 0 Å². The summed E-state index contributed by atoms with van der Waals surface area (Å²) in [6.45, 7) is 10.8. The van der Waals surface area contributed by atoms with Crippen molar-refractivity contribution in [2.24, 2.45) is 0 Å². The molecule has 2 atom stereocenters. The SMILES string of the molecule is Cc1cc(C)c(-n2c(C)cc([C@H]3[C@@H](c4ccccn4)NC(=S)N3c3ccc(F)cc3)c2C)c(C)c1. The van der Waals surface area contributed by atoms with Gasteiger partial charge >= 0.3 is 0 Å². The lowest BCUT2D eigenvalue weighted by Crippen LogP contribution is -2.29. The van der Waals surface area contributed by atoms with Crippen molar-refractivity contribution in [2.45, 2.75) is 46.7 Å². The molecule has 2 aromatic carbocycles. The quantitative estimate of drug-likeness (QED) is 0.326. The normalized spacial score (nSPS) is 17.7. The molecule has 5 rings (SSSR count). The van der Waals surface area contributed by atoms with Gasteiger partial charge in [0, 0.05) is 23.3 Å². The predicted octanol–water partition coefficient (Wildman–Crippen LogP) is 6.73. The lowest BCUT2D eigenvalue weighted by atomic mass is 9.96. The number of nitrogens with zero attached hydrogens (tertiary/aromatic N) is 3. The van der Waals surface area contributed by atoms with Crippen molar-refractivity contribution in [3.8, 4) is 5.69 Å². The molecule has 6 heteroatoms. The Labute approximate surface area is 211 Å². The molecule has 1 aliphatic heterocycles. The average Bonchev–Trinajstić information content (AvgIpc) is 3.30. The zero-order valence-electron chi connectivity index (χ0n) is 20.6. The Bertz CT molecular complexity index is 1390. The van der Waals surface area contributed by atoms with Gasteiger partial charge in [-0.3, -0.25) is 4.98 Å². The minimum absolute atomic E-state index is 0.145. The molecule has 0 aliphatic carbocycles. The summed E-state index contributed by atoms with van der Waals surface area (Å²) in [6.07, 6.45) is 1.81. The first-order valence-electron chi connectivity index (χ1n) is 11.8. The molecule has 4 nitrogen and oxygen atoms in total. The summed E-state index contributed by atoms with van der Waals surface area (Å²) in [5.74, 6) is -0.270. The molecule has 0 spiro atoms. The van der Waals surface area contributed by atoms with Crippen LogP contribution in [0.1, 0.15) is 51.4 Å². The van der Waals surface area contributed by atoms with E-state index in [9.17, 15) is 4.39 Å². The van der Waals surface area contributed by atoms with E-state index in [-0.39, 0.29) is 17.9 Å². The van der Waals surface area contributed by atoms with E-state index < -0.39 is 0 Å². The van der Waals surface area contributed by atoms with Crippen molar-refractivity contribution in [2.75, 3.05) is 4.90 Å². The highest BCUT2D eigenvalue weighted by Gasteiger charge is 2.42. The molecule has 1 fully saturated rings. The number of hydrogen-bond acceptors (Lipinski definition) is 2. The van der Waals surface area contributed by atoms with Gasteiger partial charge in [0.15, 0.2) is 5.11 Å². The maximum atomic E-state index is 13.8. The second-order valence-corrected chi connectivity index (χ2v) is 9.77. The number of halogens is 1. The summed E-state index contributed by atoms with van der Waals surface area (Å²) in [5.41, 5.74) is 10.2. The smallest absolute Gasteiger partial charge is 0.174 e. The van der Waals surface area contributed by atoms with Crippen LogP contribution in [0.2, 0.25) is 0 Å². The van der Waals surface area contributed by atoms with Crippen molar-refractivity contribution in [3.05, 3.63) is 112 Å². The Hall–Kier alpha value is -3.51. The van der Waals surface area contributed by atoms with Crippen LogP contribution in [0.3, 0.4) is 0 Å². The third-order valence-corrected chi connectivity index (χ3v) is 7.17. The van der Waals surface area contributed by atoms with Crippen LogP contribution in [-0.2, 0) is 0 Å². The Balaban J connectivity index is 1.71. The minimum Gasteiger partial charge on any atom is -0.351 e. The van der Waals surface area contributed by atoms with E-state index in [2.05, 4.69) is 72.6 Å². The van der Waals surface area contributed by atoms with E-state index in [4.69, 9.17) is 12.2 Å². The van der Waals surface area contributed by atoms with Gasteiger partial charge < -0.3 is 14.8 Å². The largest absolute Gasteiger partial charge is 0.351 e. The summed E-state index contributed by atoms with van der Waals surface area (Å²) >= 11 is 5.83. The van der Waals surface area contributed by atoms with Crippen LogP contribution in [0.5, 0.6) is 0 Å². The van der Waals surface area contributed by atoms with E-state index >= 15 is 0 Å². The van der Waals surface area contributed by atoms with Crippen LogP contribution in [0.25, 0.3) is 5.69 Å². The highest BCUT2D eigenvalue weighted by atomic mass is 32.1. The van der Waals surface area contributed by atoms with E-state index in [0.29, 0.717) is 5.11 Å². The molecule has 35 heavy (non-hydrogen) atoms. The highest BCUT2D eigenvalue weighted by Crippen LogP contribution is 2.44. The van der Waals surface area contributed by atoms with E-state index in [1.165, 1.54) is 34.5 Å². The van der Waals surface area contributed by atoms with Gasteiger partial charge in [-0.05, 0) is 106 Å². The van der Waals surface area contributed by atoms with Gasteiger partial charge in [0.05, 0.1) is 23.5 Å². The second kappa shape index (κ2) is 8.93. The van der Waals surface area contributed by atoms with Gasteiger partial charge in [-0.15, -0.1) is 0 Å². The third kappa shape index (κ3) is 4.02. The maximum Gasteiger partial charge on any atom is 0.174 e. The number of rotatable bonds is 4. The van der Waals surface area contributed by atoms with Gasteiger partial charge in [0.25, 0.3) is 0 Å². The number of nitrogens with one attached hydrogen (secondary N) is 1. The number of hydrogen-bond donors (Lipinski definition) is 1. The monoisotopic (exact) mass is 484 g/mol. The van der Waals surface area contributed by atoms with Gasteiger partial charge in [-0.2, -0.15) is 0 Å². The Kier molecular flexibility index (Phi) is 5.93. The zero-order valence-corrected chi connectivity index (χ0v) is 21.4. The van der Waals surface area contributed by atoms with Gasteiger partial charge in [0.2, 0.25) is 0 Å². The molecular weight excluding hydrogens is 455 g/mol. The van der Waals surface area contributed by atoms with E-state index in [1.807, 2.05) is 18.2 Å². The molecule has 178 valence electrons. The molecular formula is C29H29FN4S. The molecule has 3 heterocycles. The zero-order chi connectivity index (χ0) is 24.9.